The van der Waals surface area contributed by atoms with Gasteiger partial charge in [0, 0.05) is 17.5 Å². The number of nitrogens with one attached hydrogen (secondary N) is 2. The van der Waals surface area contributed by atoms with Gasteiger partial charge in [0.1, 0.15) is 0 Å². The van der Waals surface area contributed by atoms with Gasteiger partial charge in [-0.25, -0.2) is 9.59 Å². The molecule has 2 rings (SSSR count). The highest BCUT2D eigenvalue weighted by Gasteiger charge is 2.22. The summed E-state index contributed by atoms with van der Waals surface area (Å²) in [4.78, 5) is 26.6. The number of thioether (sulfide) groups is 1. The molecule has 1 saturated carbocycles. The van der Waals surface area contributed by atoms with E-state index in [-0.39, 0.29) is 17.6 Å². The third-order valence-corrected chi connectivity index (χ3v) is 4.63. The summed E-state index contributed by atoms with van der Waals surface area (Å²) in [6, 6.07) is 1.25. The van der Waals surface area contributed by atoms with Crippen molar-refractivity contribution < 1.29 is 14.7 Å². The number of carboxylic acid groups (broad SMARTS) is 1. The number of rotatable bonds is 4. The fraction of sp³-hybridized carbons (Fsp3) is 0.500. The maximum atomic E-state index is 12.0. The quantitative estimate of drug-likeness (QED) is 0.795. The molecule has 1 aromatic heterocycles. The zero-order valence-electron chi connectivity index (χ0n) is 11.8. The monoisotopic (exact) mass is 309 g/mol. The van der Waals surface area contributed by atoms with Crippen molar-refractivity contribution in [1.29, 1.82) is 0 Å². The highest BCUT2D eigenvalue weighted by Crippen LogP contribution is 2.26. The van der Waals surface area contributed by atoms with Crippen molar-refractivity contribution in [2.75, 3.05) is 11.6 Å². The molecule has 2 unspecified atom stereocenters. The minimum Gasteiger partial charge on any atom is -0.478 e. The zero-order chi connectivity index (χ0) is 15.2. The van der Waals surface area contributed by atoms with E-state index in [9.17, 15) is 9.59 Å². The SMILES string of the molecule is CSC1CCCC(NC(=O)Nc2cncc(C(=O)O)c2)C1. The van der Waals surface area contributed by atoms with Crippen molar-refractivity contribution in [1.82, 2.24) is 10.3 Å². The van der Waals surface area contributed by atoms with Crippen LogP contribution in [-0.2, 0) is 0 Å². The van der Waals surface area contributed by atoms with Crippen LogP contribution < -0.4 is 10.6 Å². The number of aromatic carboxylic acids is 1. The molecule has 0 saturated heterocycles. The fourth-order valence-corrected chi connectivity index (χ4v) is 3.30. The first-order chi connectivity index (χ1) is 10.1. The van der Waals surface area contributed by atoms with Crippen LogP contribution in [0.2, 0.25) is 0 Å². The maximum Gasteiger partial charge on any atom is 0.337 e. The van der Waals surface area contributed by atoms with E-state index < -0.39 is 5.97 Å². The van der Waals surface area contributed by atoms with Gasteiger partial charge in [0.2, 0.25) is 0 Å². The van der Waals surface area contributed by atoms with Crippen LogP contribution in [-0.4, -0.2) is 39.6 Å². The zero-order valence-corrected chi connectivity index (χ0v) is 12.7. The van der Waals surface area contributed by atoms with Gasteiger partial charge in [-0.1, -0.05) is 6.42 Å². The van der Waals surface area contributed by atoms with E-state index in [2.05, 4.69) is 21.9 Å². The summed E-state index contributed by atoms with van der Waals surface area (Å²) in [5.74, 6) is -1.07. The molecule has 2 atom stereocenters. The lowest BCUT2D eigenvalue weighted by Crippen LogP contribution is -2.41. The third-order valence-electron chi connectivity index (χ3n) is 3.54. The average Bonchev–Trinajstić information content (AvgIpc) is 2.47. The largest absolute Gasteiger partial charge is 0.478 e. The van der Waals surface area contributed by atoms with E-state index in [1.165, 1.54) is 24.9 Å². The lowest BCUT2D eigenvalue weighted by Gasteiger charge is -2.28. The molecule has 1 fully saturated rings. The summed E-state index contributed by atoms with van der Waals surface area (Å²) in [6.45, 7) is 0. The van der Waals surface area contributed by atoms with Gasteiger partial charge in [-0.05, 0) is 31.6 Å². The van der Waals surface area contributed by atoms with Crippen LogP contribution in [0.1, 0.15) is 36.0 Å². The van der Waals surface area contributed by atoms with E-state index in [1.54, 1.807) is 0 Å². The predicted molar refractivity (Wildman–Crippen MR) is 82.9 cm³/mol. The molecular weight excluding hydrogens is 290 g/mol. The summed E-state index contributed by atoms with van der Waals surface area (Å²) >= 11 is 1.84. The topological polar surface area (TPSA) is 91.3 Å². The minimum atomic E-state index is -1.07. The van der Waals surface area contributed by atoms with Crippen molar-refractivity contribution in [2.45, 2.75) is 37.0 Å². The van der Waals surface area contributed by atoms with Crippen molar-refractivity contribution >= 4 is 29.4 Å². The molecule has 6 nitrogen and oxygen atoms in total. The second-order valence-electron chi connectivity index (χ2n) is 5.09. The first kappa shape index (κ1) is 15.6. The summed E-state index contributed by atoms with van der Waals surface area (Å²) in [5.41, 5.74) is 0.428. The molecule has 0 radical (unpaired) electrons. The van der Waals surface area contributed by atoms with Gasteiger partial charge >= 0.3 is 12.0 Å². The molecule has 0 aromatic carbocycles. The standard InChI is InChI=1S/C14H19N3O3S/c1-21-12-4-2-3-10(6-12)16-14(20)17-11-5-9(13(18)19)7-15-8-11/h5,7-8,10,12H,2-4,6H2,1H3,(H,18,19)(H2,16,17,20). The Morgan fingerprint density at radius 2 is 2.19 bits per heavy atom. The second kappa shape index (κ2) is 7.31. The number of carbonyl (C=O) groups excluding carboxylic acids is 1. The van der Waals surface area contributed by atoms with Crippen LogP contribution in [0.4, 0.5) is 10.5 Å². The Morgan fingerprint density at radius 3 is 2.90 bits per heavy atom. The van der Waals surface area contributed by atoms with Crippen LogP contribution in [0, 0.1) is 0 Å². The van der Waals surface area contributed by atoms with Crippen LogP contribution >= 0.6 is 11.8 Å². The number of nitrogens with zero attached hydrogens (tertiary/aromatic N) is 1. The second-order valence-corrected chi connectivity index (χ2v) is 6.23. The van der Waals surface area contributed by atoms with E-state index >= 15 is 0 Å². The van der Waals surface area contributed by atoms with Crippen LogP contribution in [0.5, 0.6) is 0 Å². The van der Waals surface area contributed by atoms with E-state index in [4.69, 9.17) is 5.11 Å². The first-order valence-electron chi connectivity index (χ1n) is 6.87. The van der Waals surface area contributed by atoms with Crippen LogP contribution in [0.3, 0.4) is 0 Å². The van der Waals surface area contributed by atoms with Crippen molar-refractivity contribution in [3.05, 3.63) is 24.0 Å². The Labute approximate surface area is 127 Å². The average molecular weight is 309 g/mol. The summed E-state index contributed by atoms with van der Waals surface area (Å²) in [7, 11) is 0. The molecule has 2 amide bonds. The summed E-state index contributed by atoms with van der Waals surface area (Å²) in [5, 5.41) is 15.1. The van der Waals surface area contributed by atoms with Gasteiger partial charge in [-0.15, -0.1) is 0 Å². The number of carboxylic acids is 1. The molecule has 1 aromatic rings. The number of amides is 2. The van der Waals surface area contributed by atoms with Gasteiger partial charge in [-0.2, -0.15) is 11.8 Å². The van der Waals surface area contributed by atoms with E-state index in [0.29, 0.717) is 10.9 Å². The van der Waals surface area contributed by atoms with E-state index in [0.717, 1.165) is 19.3 Å². The van der Waals surface area contributed by atoms with Crippen molar-refractivity contribution in [3.63, 3.8) is 0 Å². The molecule has 1 heterocycles. The van der Waals surface area contributed by atoms with Gasteiger partial charge in [0.25, 0.3) is 0 Å². The number of pyridine rings is 1. The van der Waals surface area contributed by atoms with Gasteiger partial charge in [0.05, 0.1) is 17.4 Å². The molecule has 1 aliphatic carbocycles. The van der Waals surface area contributed by atoms with Crippen LogP contribution in [0.15, 0.2) is 18.5 Å². The highest BCUT2D eigenvalue weighted by atomic mass is 32.2. The fourth-order valence-electron chi connectivity index (χ4n) is 2.47. The molecular formula is C14H19N3O3S. The number of anilines is 1. The van der Waals surface area contributed by atoms with Crippen molar-refractivity contribution in [2.24, 2.45) is 0 Å². The molecule has 0 spiro atoms. The van der Waals surface area contributed by atoms with Gasteiger partial charge in [0.15, 0.2) is 0 Å². The Kier molecular flexibility index (Phi) is 5.44. The lowest BCUT2D eigenvalue weighted by atomic mass is 9.95. The Morgan fingerprint density at radius 1 is 1.38 bits per heavy atom. The summed E-state index contributed by atoms with van der Waals surface area (Å²) in [6.07, 6.45) is 9.04. The maximum absolute atomic E-state index is 12.0. The molecule has 3 N–H and O–H groups in total. The Bertz CT molecular complexity index is 524. The smallest absolute Gasteiger partial charge is 0.337 e. The number of aromatic nitrogens is 1. The predicted octanol–water partition coefficient (Wildman–Crippen LogP) is 2.58. The highest BCUT2D eigenvalue weighted by molar-refractivity contribution is 7.99. The van der Waals surface area contributed by atoms with Gasteiger partial charge < -0.3 is 15.7 Å². The van der Waals surface area contributed by atoms with Gasteiger partial charge in [-0.3, -0.25) is 4.98 Å². The van der Waals surface area contributed by atoms with E-state index in [1.807, 2.05) is 11.8 Å². The number of hydrogen-bond acceptors (Lipinski definition) is 4. The molecule has 0 aliphatic heterocycles. The number of carbonyl (C=O) groups is 2. The minimum absolute atomic E-state index is 0.0490. The van der Waals surface area contributed by atoms with Crippen LogP contribution in [0.25, 0.3) is 0 Å². The molecule has 114 valence electrons. The Balaban J connectivity index is 1.89. The first-order valence-corrected chi connectivity index (χ1v) is 8.16. The normalized spacial score (nSPS) is 21.6. The molecule has 7 heteroatoms. The summed E-state index contributed by atoms with van der Waals surface area (Å²) < 4.78 is 0. The third kappa shape index (κ3) is 4.63. The lowest BCUT2D eigenvalue weighted by molar-refractivity contribution is 0.0696. The molecule has 0 bridgehead atoms. The number of urea groups is 1. The molecule has 21 heavy (non-hydrogen) atoms. The van der Waals surface area contributed by atoms with Crippen molar-refractivity contribution in [3.8, 4) is 0 Å². The number of hydrogen-bond donors (Lipinski definition) is 3. The Hall–Kier alpha value is -1.76. The molecule has 1 aliphatic rings.